The largest absolute Gasteiger partial charge is 0.124 e. The molecule has 0 heterocycles. The van der Waals surface area contributed by atoms with Gasteiger partial charge in [0.1, 0.15) is 0 Å². The van der Waals surface area contributed by atoms with E-state index in [1.807, 2.05) is 27.7 Å². The van der Waals surface area contributed by atoms with Gasteiger partial charge in [0.05, 0.1) is 0 Å². The van der Waals surface area contributed by atoms with Crippen LogP contribution < -0.4 is 0 Å². The highest BCUT2D eigenvalue weighted by atomic mass is 14.2. The van der Waals surface area contributed by atoms with Gasteiger partial charge < -0.3 is 0 Å². The van der Waals surface area contributed by atoms with Crippen LogP contribution in [0.3, 0.4) is 0 Å². The normalized spacial score (nSPS) is 12.0. The summed E-state index contributed by atoms with van der Waals surface area (Å²) in [5, 5.41) is 10.4. The minimum Gasteiger partial charge on any atom is -0.124 e. The van der Waals surface area contributed by atoms with Crippen LogP contribution in [0, 0.1) is 39.5 Å². The lowest BCUT2D eigenvalue weighted by Gasteiger charge is -2.17. The maximum Gasteiger partial charge on any atom is -0.00816 e. The average Bonchev–Trinajstić information content (AvgIpc) is 3.43. The number of fused-ring (bicyclic) bond motifs is 6. The van der Waals surface area contributed by atoms with E-state index in [0.717, 1.165) is 18.8 Å². The fourth-order valence-electron chi connectivity index (χ4n) is 8.56. The van der Waals surface area contributed by atoms with E-state index in [9.17, 15) is 0 Å². The van der Waals surface area contributed by atoms with Gasteiger partial charge in [-0.25, -0.2) is 0 Å². The van der Waals surface area contributed by atoms with Gasteiger partial charge >= 0.3 is 0 Å². The molecule has 10 rings (SSSR count). The maximum absolute atomic E-state index is 4.00. The first kappa shape index (κ1) is 56.9. The molecule has 1 aliphatic rings. The summed E-state index contributed by atoms with van der Waals surface area (Å²) in [5.74, 6) is 0.769. The molecule has 0 saturated carbocycles. The van der Waals surface area contributed by atoms with Gasteiger partial charge in [-0.1, -0.05) is 243 Å². The van der Waals surface area contributed by atoms with Crippen LogP contribution in [0.1, 0.15) is 94.3 Å². The van der Waals surface area contributed by atoms with Crippen molar-refractivity contribution in [2.24, 2.45) is 5.92 Å². The highest BCUT2D eigenvalue weighted by Crippen LogP contribution is 2.38. The van der Waals surface area contributed by atoms with Crippen LogP contribution in [-0.2, 0) is 12.8 Å². The molecule has 0 aromatic heterocycles. The monoisotopic (exact) mass is 919 g/mol. The van der Waals surface area contributed by atoms with E-state index in [-0.39, 0.29) is 7.43 Å². The molecule has 0 spiro atoms. The number of allylic oxidation sites excluding steroid dienone is 5. The van der Waals surface area contributed by atoms with E-state index in [4.69, 9.17) is 0 Å². The van der Waals surface area contributed by atoms with Gasteiger partial charge in [-0.05, 0) is 157 Å². The van der Waals surface area contributed by atoms with Crippen molar-refractivity contribution >= 4 is 48.7 Å². The zero-order valence-electron chi connectivity index (χ0n) is 42.9. The fraction of sp³-hybridized carbons (Fsp3) is 0.200. The number of hydrogen-bond acceptors (Lipinski definition) is 0. The maximum atomic E-state index is 4.00. The van der Waals surface area contributed by atoms with E-state index >= 15 is 0 Å². The second-order valence-corrected chi connectivity index (χ2v) is 16.5. The molecule has 70 heavy (non-hydrogen) atoms. The number of aryl methyl sites for hydroxylation is 4. The van der Waals surface area contributed by atoms with Crippen molar-refractivity contribution in [3.63, 3.8) is 0 Å². The molecule has 0 nitrogen and oxygen atoms in total. The van der Waals surface area contributed by atoms with Crippen LogP contribution in [0.2, 0.25) is 0 Å². The SMILES string of the molecule is C.C#C.C=C.CC.CC.CC1C=CC=CC1.CCc1ccc(/C(=C/Cc2cc3ccccc3c3ccccc23)c2cc(-c3cc4ccccc4c4ccccc34)ccc2C)cc1.Cc1ccccc1C. The minimum absolute atomic E-state index is 0. The van der Waals surface area contributed by atoms with Crippen molar-refractivity contribution in [1.82, 2.24) is 0 Å². The Hall–Kier alpha value is -7.46. The Morgan fingerprint density at radius 2 is 1.03 bits per heavy atom. The highest BCUT2D eigenvalue weighted by Gasteiger charge is 2.14. The minimum atomic E-state index is 0. The van der Waals surface area contributed by atoms with Crippen molar-refractivity contribution in [2.75, 3.05) is 0 Å². The third-order valence-corrected chi connectivity index (χ3v) is 12.3. The van der Waals surface area contributed by atoms with Crippen LogP contribution in [0.4, 0.5) is 0 Å². The average molecular weight is 919 g/mol. The molecule has 0 radical (unpaired) electrons. The van der Waals surface area contributed by atoms with Crippen molar-refractivity contribution in [3.8, 4) is 24.0 Å². The number of rotatable bonds is 6. The van der Waals surface area contributed by atoms with Gasteiger partial charge in [0.2, 0.25) is 0 Å². The summed E-state index contributed by atoms with van der Waals surface area (Å²) in [5.41, 5.74) is 13.1. The summed E-state index contributed by atoms with van der Waals surface area (Å²) >= 11 is 0. The van der Waals surface area contributed by atoms with E-state index in [1.54, 1.807) is 0 Å². The van der Waals surface area contributed by atoms with Crippen molar-refractivity contribution < 1.29 is 0 Å². The van der Waals surface area contributed by atoms with Crippen molar-refractivity contribution in [1.29, 1.82) is 0 Å². The molecule has 0 heteroatoms. The number of benzene rings is 9. The smallest absolute Gasteiger partial charge is 0.00816 e. The Bertz CT molecular complexity index is 3090. The van der Waals surface area contributed by atoms with E-state index in [0.29, 0.717) is 0 Å². The summed E-state index contributed by atoms with van der Waals surface area (Å²) in [6, 6.07) is 64.5. The molecule has 0 fully saturated rings. The van der Waals surface area contributed by atoms with Gasteiger partial charge in [0.25, 0.3) is 0 Å². The second-order valence-electron chi connectivity index (χ2n) is 16.5. The third kappa shape index (κ3) is 14.5. The first-order valence-corrected chi connectivity index (χ1v) is 24.8. The lowest BCUT2D eigenvalue weighted by molar-refractivity contribution is 0.737. The van der Waals surface area contributed by atoms with Gasteiger partial charge in [0.15, 0.2) is 0 Å². The zero-order valence-corrected chi connectivity index (χ0v) is 42.9. The van der Waals surface area contributed by atoms with Crippen LogP contribution in [0.5, 0.6) is 0 Å². The van der Waals surface area contributed by atoms with E-state index in [2.05, 4.69) is 267 Å². The molecular formula is C70H78. The molecule has 1 aliphatic carbocycles. The van der Waals surface area contributed by atoms with E-state index in [1.165, 1.54) is 105 Å². The van der Waals surface area contributed by atoms with Gasteiger partial charge in [-0.3, -0.25) is 0 Å². The molecule has 0 amide bonds. The first-order valence-electron chi connectivity index (χ1n) is 24.8. The highest BCUT2D eigenvalue weighted by molar-refractivity contribution is 6.14. The Morgan fingerprint density at radius 3 is 1.53 bits per heavy atom. The van der Waals surface area contributed by atoms with Crippen LogP contribution in [0.15, 0.2) is 219 Å². The molecule has 9 aromatic rings. The standard InChI is InChI=1S/C46H36.C8H10.C7H10.2C2H6.C2H4.C2H2.CH4/c1-3-32-21-24-33(25-22-32)41(27-26-36-28-34-12-4-6-14-38(34)42-17-9-8-16-40(36)42)45-29-37(23-20-31(45)2)46-30-35-13-5-7-15-39(35)43-18-10-11-19-44(43)46;1-7-5-3-4-6-8(7)2;1-7-5-3-2-4-6-7;4*1-2;/h4-25,27-30H,3,26H2,1-2H3;3-6H,1-2H3;2-5,7H,6H2,1H3;2*1-2H3;1-2H2;1-2H;1H4/b41-27-;;;;;;;. The summed E-state index contributed by atoms with van der Waals surface area (Å²) in [6.45, 7) is 24.9. The zero-order chi connectivity index (χ0) is 50.1. The van der Waals surface area contributed by atoms with Crippen LogP contribution >= 0.6 is 0 Å². The van der Waals surface area contributed by atoms with Gasteiger partial charge in [-0.15, -0.1) is 26.0 Å². The second kappa shape index (κ2) is 30.1. The van der Waals surface area contributed by atoms with Crippen LogP contribution in [-0.4, -0.2) is 0 Å². The first-order chi connectivity index (χ1) is 33.9. The quantitative estimate of drug-likeness (QED) is 0.0886. The summed E-state index contributed by atoms with van der Waals surface area (Å²) in [6.07, 6.45) is 22.2. The number of terminal acetylenes is 1. The lowest BCUT2D eigenvalue weighted by Crippen LogP contribution is -1.96. The predicted molar refractivity (Wildman–Crippen MR) is 318 cm³/mol. The predicted octanol–water partition coefficient (Wildman–Crippen LogP) is 20.7. The summed E-state index contributed by atoms with van der Waals surface area (Å²) < 4.78 is 0. The van der Waals surface area contributed by atoms with Crippen molar-refractivity contribution in [3.05, 3.63) is 258 Å². The topological polar surface area (TPSA) is 0 Å². The molecule has 1 unspecified atom stereocenters. The molecule has 1 atom stereocenters. The Balaban J connectivity index is 0.000000451. The summed E-state index contributed by atoms with van der Waals surface area (Å²) in [7, 11) is 0. The van der Waals surface area contributed by atoms with E-state index < -0.39 is 0 Å². The number of hydrogen-bond donors (Lipinski definition) is 0. The van der Waals surface area contributed by atoms with Crippen molar-refractivity contribution in [2.45, 2.75) is 89.0 Å². The molecule has 358 valence electrons. The van der Waals surface area contributed by atoms with Crippen LogP contribution in [0.25, 0.3) is 59.8 Å². The Morgan fingerprint density at radius 1 is 0.543 bits per heavy atom. The summed E-state index contributed by atoms with van der Waals surface area (Å²) in [4.78, 5) is 0. The lowest BCUT2D eigenvalue weighted by atomic mass is 9.87. The Kier molecular flexibility index (Phi) is 24.5. The van der Waals surface area contributed by atoms with Gasteiger partial charge in [0, 0.05) is 0 Å². The molecule has 0 saturated heterocycles. The molecular weight excluding hydrogens is 841 g/mol. The third-order valence-electron chi connectivity index (χ3n) is 12.3. The molecule has 9 aromatic carbocycles. The fourth-order valence-corrected chi connectivity index (χ4v) is 8.56. The molecule has 0 bridgehead atoms. The Labute approximate surface area is 423 Å². The van der Waals surface area contributed by atoms with Gasteiger partial charge in [-0.2, -0.15) is 0 Å². The molecule has 0 N–H and O–H groups in total. The molecule has 0 aliphatic heterocycles.